The van der Waals surface area contributed by atoms with E-state index in [-0.39, 0.29) is 0 Å². The molecule has 3 rings (SSSR count). The van der Waals surface area contributed by atoms with Crippen LogP contribution in [0.15, 0.2) is 24.4 Å². The van der Waals surface area contributed by atoms with Gasteiger partial charge in [0, 0.05) is 23.1 Å². The minimum atomic E-state index is 0.760. The summed E-state index contributed by atoms with van der Waals surface area (Å²) in [7, 11) is 0. The van der Waals surface area contributed by atoms with E-state index in [0.717, 1.165) is 33.9 Å². The first kappa shape index (κ1) is 9.15. The molecule has 0 saturated carbocycles. The largest absolute Gasteiger partial charge is 0.362 e. The van der Waals surface area contributed by atoms with Crippen molar-refractivity contribution in [2.75, 3.05) is 0 Å². The van der Waals surface area contributed by atoms with Crippen molar-refractivity contribution in [1.82, 2.24) is 19.9 Å². The van der Waals surface area contributed by atoms with Crippen LogP contribution in [0.1, 0.15) is 11.4 Å². The lowest BCUT2D eigenvalue weighted by Gasteiger charge is -1.92. The topological polar surface area (TPSA) is 57.4 Å². The Balaban J connectivity index is 2.22. The van der Waals surface area contributed by atoms with Gasteiger partial charge in [-0.05, 0) is 32.0 Å². The molecule has 0 amide bonds. The highest BCUT2D eigenvalue weighted by molar-refractivity contribution is 5.76. The molecule has 4 nitrogen and oxygen atoms in total. The molecule has 0 unspecified atom stereocenters. The zero-order valence-corrected chi connectivity index (χ0v) is 9.20. The Kier molecular flexibility index (Phi) is 1.83. The van der Waals surface area contributed by atoms with E-state index in [1.807, 2.05) is 26.0 Å². The number of hydrogen-bond acceptors (Lipinski definition) is 2. The molecule has 0 aliphatic carbocycles. The summed E-state index contributed by atoms with van der Waals surface area (Å²) in [6.45, 7) is 4.08. The average Bonchev–Trinajstić information content (AvgIpc) is 2.81. The molecule has 3 aromatic rings. The van der Waals surface area contributed by atoms with Crippen LogP contribution in [0, 0.1) is 13.8 Å². The summed E-state index contributed by atoms with van der Waals surface area (Å²) >= 11 is 0. The van der Waals surface area contributed by atoms with Gasteiger partial charge < -0.3 is 9.97 Å². The number of nitrogens with zero attached hydrogens (tertiary/aromatic N) is 2. The Hall–Kier alpha value is -2.10. The van der Waals surface area contributed by atoms with E-state index in [2.05, 4.69) is 26.0 Å². The van der Waals surface area contributed by atoms with Gasteiger partial charge in [0.1, 0.15) is 5.82 Å². The summed E-state index contributed by atoms with van der Waals surface area (Å²) < 4.78 is 0. The molecule has 0 fully saturated rings. The van der Waals surface area contributed by atoms with E-state index >= 15 is 0 Å². The molecule has 3 heterocycles. The molecule has 0 radical (unpaired) electrons. The van der Waals surface area contributed by atoms with Gasteiger partial charge in [0.25, 0.3) is 0 Å². The molecular formula is C12H12N4. The van der Waals surface area contributed by atoms with Crippen molar-refractivity contribution in [3.63, 3.8) is 0 Å². The maximum atomic E-state index is 4.47. The SMILES string of the molecule is Cc1cc(-c2nc3ncccc3[nH]2)c(C)[nH]1. The maximum absolute atomic E-state index is 4.47. The average molecular weight is 212 g/mol. The number of aromatic nitrogens is 4. The Morgan fingerprint density at radius 1 is 1.19 bits per heavy atom. The van der Waals surface area contributed by atoms with Crippen molar-refractivity contribution in [3.8, 4) is 11.4 Å². The van der Waals surface area contributed by atoms with Crippen LogP contribution in [0.5, 0.6) is 0 Å². The van der Waals surface area contributed by atoms with E-state index < -0.39 is 0 Å². The van der Waals surface area contributed by atoms with Crippen LogP contribution >= 0.6 is 0 Å². The van der Waals surface area contributed by atoms with E-state index in [1.165, 1.54) is 0 Å². The zero-order chi connectivity index (χ0) is 11.1. The van der Waals surface area contributed by atoms with E-state index in [4.69, 9.17) is 0 Å². The van der Waals surface area contributed by atoms with Gasteiger partial charge in [0.15, 0.2) is 5.65 Å². The first-order valence-corrected chi connectivity index (χ1v) is 5.21. The fourth-order valence-electron chi connectivity index (χ4n) is 1.94. The molecule has 0 bridgehead atoms. The summed E-state index contributed by atoms with van der Waals surface area (Å²) in [6, 6.07) is 5.97. The van der Waals surface area contributed by atoms with Crippen LogP contribution in [0.2, 0.25) is 0 Å². The van der Waals surface area contributed by atoms with Crippen molar-refractivity contribution in [1.29, 1.82) is 0 Å². The standard InChI is InChI=1S/C12H12N4/c1-7-6-9(8(2)14-7)11-15-10-4-3-5-13-12(10)16-11/h3-6,14H,1-2H3,(H,13,15,16). The molecule has 80 valence electrons. The van der Waals surface area contributed by atoms with Gasteiger partial charge >= 0.3 is 0 Å². The highest BCUT2D eigenvalue weighted by Crippen LogP contribution is 2.23. The number of aryl methyl sites for hydroxylation is 2. The molecule has 2 N–H and O–H groups in total. The Morgan fingerprint density at radius 3 is 2.75 bits per heavy atom. The predicted octanol–water partition coefficient (Wildman–Crippen LogP) is 2.57. The normalized spacial score (nSPS) is 11.1. The summed E-state index contributed by atoms with van der Waals surface area (Å²) in [5.74, 6) is 0.871. The monoisotopic (exact) mass is 212 g/mol. The summed E-state index contributed by atoms with van der Waals surface area (Å²) in [5, 5.41) is 0. The highest BCUT2D eigenvalue weighted by Gasteiger charge is 2.09. The number of pyridine rings is 1. The molecule has 0 atom stereocenters. The molecule has 0 aliphatic heterocycles. The lowest BCUT2D eigenvalue weighted by molar-refractivity contribution is 1.18. The van der Waals surface area contributed by atoms with Gasteiger partial charge in [-0.15, -0.1) is 0 Å². The van der Waals surface area contributed by atoms with Crippen LogP contribution in [-0.4, -0.2) is 19.9 Å². The first-order valence-electron chi connectivity index (χ1n) is 5.21. The maximum Gasteiger partial charge on any atom is 0.178 e. The van der Waals surface area contributed by atoms with E-state index in [0.29, 0.717) is 0 Å². The van der Waals surface area contributed by atoms with Gasteiger partial charge in [-0.25, -0.2) is 9.97 Å². The molecule has 0 spiro atoms. The first-order chi connectivity index (χ1) is 7.74. The highest BCUT2D eigenvalue weighted by atomic mass is 15.0. The fraction of sp³-hybridized carbons (Fsp3) is 0.167. The Bertz CT molecular complexity index is 615. The smallest absolute Gasteiger partial charge is 0.178 e. The zero-order valence-electron chi connectivity index (χ0n) is 9.20. The number of H-pyrrole nitrogens is 2. The molecule has 4 heteroatoms. The van der Waals surface area contributed by atoms with Crippen molar-refractivity contribution >= 4 is 11.2 Å². The molecule has 0 saturated heterocycles. The van der Waals surface area contributed by atoms with Crippen LogP contribution in [0.3, 0.4) is 0 Å². The third kappa shape index (κ3) is 1.31. The van der Waals surface area contributed by atoms with Gasteiger partial charge in [-0.1, -0.05) is 0 Å². The Labute approximate surface area is 92.8 Å². The van der Waals surface area contributed by atoms with Crippen molar-refractivity contribution in [2.24, 2.45) is 0 Å². The number of fused-ring (bicyclic) bond motifs is 1. The van der Waals surface area contributed by atoms with Crippen molar-refractivity contribution < 1.29 is 0 Å². The van der Waals surface area contributed by atoms with Crippen LogP contribution in [-0.2, 0) is 0 Å². The number of imidazole rings is 1. The lowest BCUT2D eigenvalue weighted by atomic mass is 10.2. The molecule has 0 aliphatic rings. The van der Waals surface area contributed by atoms with Crippen LogP contribution in [0.25, 0.3) is 22.6 Å². The second kappa shape index (κ2) is 3.20. The second-order valence-corrected chi connectivity index (χ2v) is 3.95. The summed E-state index contributed by atoms with van der Waals surface area (Å²) in [6.07, 6.45) is 1.75. The quantitative estimate of drug-likeness (QED) is 0.651. The van der Waals surface area contributed by atoms with Crippen molar-refractivity contribution in [2.45, 2.75) is 13.8 Å². The number of nitrogens with one attached hydrogen (secondary N) is 2. The van der Waals surface area contributed by atoms with E-state index in [1.54, 1.807) is 6.20 Å². The minimum Gasteiger partial charge on any atom is -0.362 e. The predicted molar refractivity (Wildman–Crippen MR) is 63.1 cm³/mol. The molecular weight excluding hydrogens is 200 g/mol. The molecule has 3 aromatic heterocycles. The van der Waals surface area contributed by atoms with E-state index in [9.17, 15) is 0 Å². The molecule has 0 aromatic carbocycles. The summed E-state index contributed by atoms with van der Waals surface area (Å²) in [5.41, 5.74) is 5.10. The fourth-order valence-corrected chi connectivity index (χ4v) is 1.94. The summed E-state index contributed by atoms with van der Waals surface area (Å²) in [4.78, 5) is 15.2. The minimum absolute atomic E-state index is 0.760. The van der Waals surface area contributed by atoms with Gasteiger partial charge in [0.05, 0.1) is 5.52 Å². The Morgan fingerprint density at radius 2 is 2.06 bits per heavy atom. The number of hydrogen-bond donors (Lipinski definition) is 2. The van der Waals surface area contributed by atoms with Gasteiger partial charge in [0.2, 0.25) is 0 Å². The van der Waals surface area contributed by atoms with Crippen molar-refractivity contribution in [3.05, 3.63) is 35.8 Å². The number of aromatic amines is 2. The lowest BCUT2D eigenvalue weighted by Crippen LogP contribution is -1.80. The van der Waals surface area contributed by atoms with Crippen LogP contribution < -0.4 is 0 Å². The van der Waals surface area contributed by atoms with Gasteiger partial charge in [-0.3, -0.25) is 0 Å². The number of rotatable bonds is 1. The molecule has 16 heavy (non-hydrogen) atoms. The third-order valence-electron chi connectivity index (χ3n) is 2.66. The van der Waals surface area contributed by atoms with Crippen LogP contribution in [0.4, 0.5) is 0 Å². The second-order valence-electron chi connectivity index (χ2n) is 3.95. The van der Waals surface area contributed by atoms with Gasteiger partial charge in [-0.2, -0.15) is 0 Å². The third-order valence-corrected chi connectivity index (χ3v) is 2.66.